The molecule has 2 aromatic carbocycles. The molecule has 0 aliphatic rings. The number of para-hydroxylation sites is 3. The van der Waals surface area contributed by atoms with Gasteiger partial charge in [-0.1, -0.05) is 24.3 Å². The molecule has 0 aliphatic carbocycles. The molecule has 4 heteroatoms. The van der Waals surface area contributed by atoms with Crippen LogP contribution in [-0.4, -0.2) is 14.5 Å². The Morgan fingerprint density at radius 2 is 1.70 bits per heavy atom. The molecule has 0 atom stereocenters. The first-order valence-corrected chi connectivity index (χ1v) is 7.39. The van der Waals surface area contributed by atoms with Crippen molar-refractivity contribution in [3.8, 4) is 0 Å². The summed E-state index contributed by atoms with van der Waals surface area (Å²) >= 11 is 1.75. The van der Waals surface area contributed by atoms with Gasteiger partial charge in [0, 0.05) is 0 Å². The standard InChI is InChI=1S/C16H13N3S/c1-11-17-12-6-2-4-8-14(12)19(11)10-16-18-13-7-3-5-9-15(13)20-16/h2-9H,10H2,1H3. The van der Waals surface area contributed by atoms with Crippen molar-refractivity contribution in [3.05, 3.63) is 59.4 Å². The maximum absolute atomic E-state index is 4.71. The third-order valence-electron chi connectivity index (χ3n) is 3.48. The molecule has 0 saturated carbocycles. The molecule has 0 N–H and O–H groups in total. The number of nitrogens with zero attached hydrogens (tertiary/aromatic N) is 3. The first kappa shape index (κ1) is 11.6. The van der Waals surface area contributed by atoms with Crippen LogP contribution in [0, 0.1) is 6.92 Å². The van der Waals surface area contributed by atoms with Crippen LogP contribution in [0.1, 0.15) is 10.8 Å². The van der Waals surface area contributed by atoms with Crippen LogP contribution in [0.15, 0.2) is 48.5 Å². The lowest BCUT2D eigenvalue weighted by molar-refractivity contribution is 0.782. The molecule has 4 aromatic rings. The maximum atomic E-state index is 4.71. The van der Waals surface area contributed by atoms with Gasteiger partial charge in [0.05, 0.1) is 27.8 Å². The van der Waals surface area contributed by atoms with Gasteiger partial charge < -0.3 is 4.57 Å². The van der Waals surface area contributed by atoms with E-state index in [1.165, 1.54) is 10.2 Å². The highest BCUT2D eigenvalue weighted by Gasteiger charge is 2.09. The van der Waals surface area contributed by atoms with Gasteiger partial charge >= 0.3 is 0 Å². The van der Waals surface area contributed by atoms with E-state index in [0.717, 1.165) is 28.4 Å². The van der Waals surface area contributed by atoms with E-state index in [0.29, 0.717) is 0 Å². The summed E-state index contributed by atoms with van der Waals surface area (Å²) < 4.78 is 3.47. The van der Waals surface area contributed by atoms with Gasteiger partial charge in [0.1, 0.15) is 10.8 Å². The van der Waals surface area contributed by atoms with Crippen molar-refractivity contribution < 1.29 is 0 Å². The fraction of sp³-hybridized carbons (Fsp3) is 0.125. The highest BCUT2D eigenvalue weighted by molar-refractivity contribution is 7.18. The van der Waals surface area contributed by atoms with Crippen LogP contribution < -0.4 is 0 Å². The van der Waals surface area contributed by atoms with E-state index in [9.17, 15) is 0 Å². The molecule has 20 heavy (non-hydrogen) atoms. The number of thiazole rings is 1. The quantitative estimate of drug-likeness (QED) is 0.555. The minimum atomic E-state index is 0.783. The summed E-state index contributed by atoms with van der Waals surface area (Å²) in [6, 6.07) is 16.5. The smallest absolute Gasteiger partial charge is 0.114 e. The zero-order chi connectivity index (χ0) is 13.5. The molecule has 0 bridgehead atoms. The largest absolute Gasteiger partial charge is 0.321 e. The Morgan fingerprint density at radius 1 is 0.950 bits per heavy atom. The number of aromatic nitrogens is 3. The first-order chi connectivity index (χ1) is 9.81. The zero-order valence-electron chi connectivity index (χ0n) is 11.1. The minimum Gasteiger partial charge on any atom is -0.321 e. The number of aryl methyl sites for hydroxylation is 1. The minimum absolute atomic E-state index is 0.783. The number of imidazole rings is 1. The third kappa shape index (κ3) is 1.80. The number of fused-ring (bicyclic) bond motifs is 2. The summed E-state index contributed by atoms with van der Waals surface area (Å²) in [5.74, 6) is 1.03. The van der Waals surface area contributed by atoms with Gasteiger partial charge in [0.2, 0.25) is 0 Å². The van der Waals surface area contributed by atoms with Crippen LogP contribution in [0.4, 0.5) is 0 Å². The lowest BCUT2D eigenvalue weighted by atomic mass is 10.3. The molecule has 2 heterocycles. The van der Waals surface area contributed by atoms with Crippen LogP contribution in [0.2, 0.25) is 0 Å². The molecule has 0 saturated heterocycles. The maximum Gasteiger partial charge on any atom is 0.114 e. The lowest BCUT2D eigenvalue weighted by Gasteiger charge is -2.03. The van der Waals surface area contributed by atoms with Crippen LogP contribution in [0.25, 0.3) is 21.3 Å². The number of benzene rings is 2. The predicted octanol–water partition coefficient (Wildman–Crippen LogP) is 4.00. The van der Waals surface area contributed by atoms with E-state index in [2.05, 4.69) is 45.9 Å². The van der Waals surface area contributed by atoms with Crippen molar-refractivity contribution in [2.75, 3.05) is 0 Å². The van der Waals surface area contributed by atoms with Gasteiger partial charge in [-0.3, -0.25) is 0 Å². The highest BCUT2D eigenvalue weighted by atomic mass is 32.1. The Morgan fingerprint density at radius 3 is 2.55 bits per heavy atom. The van der Waals surface area contributed by atoms with Crippen molar-refractivity contribution in [3.63, 3.8) is 0 Å². The Kier molecular flexibility index (Phi) is 2.57. The molecular formula is C16H13N3S. The molecule has 0 radical (unpaired) electrons. The Hall–Kier alpha value is -2.20. The van der Waals surface area contributed by atoms with Crippen molar-refractivity contribution in [2.45, 2.75) is 13.5 Å². The number of hydrogen-bond acceptors (Lipinski definition) is 3. The fourth-order valence-electron chi connectivity index (χ4n) is 2.52. The SMILES string of the molecule is Cc1nc2ccccc2n1Cc1nc2ccccc2s1. The topological polar surface area (TPSA) is 30.7 Å². The Bertz CT molecular complexity index is 871. The third-order valence-corrected chi connectivity index (χ3v) is 4.50. The summed E-state index contributed by atoms with van der Waals surface area (Å²) in [5, 5.41) is 1.12. The first-order valence-electron chi connectivity index (χ1n) is 6.57. The van der Waals surface area contributed by atoms with Crippen molar-refractivity contribution >= 4 is 32.6 Å². The average molecular weight is 279 g/mol. The van der Waals surface area contributed by atoms with Crippen molar-refractivity contribution in [1.29, 1.82) is 0 Å². The van der Waals surface area contributed by atoms with E-state index in [1.807, 2.05) is 19.1 Å². The van der Waals surface area contributed by atoms with E-state index in [4.69, 9.17) is 4.98 Å². The molecular weight excluding hydrogens is 266 g/mol. The van der Waals surface area contributed by atoms with Crippen molar-refractivity contribution in [2.24, 2.45) is 0 Å². The molecule has 0 unspecified atom stereocenters. The second-order valence-corrected chi connectivity index (χ2v) is 5.92. The van der Waals surface area contributed by atoms with Gasteiger partial charge in [0.25, 0.3) is 0 Å². The van der Waals surface area contributed by atoms with Crippen LogP contribution in [0.5, 0.6) is 0 Å². The predicted molar refractivity (Wildman–Crippen MR) is 83.2 cm³/mol. The van der Waals surface area contributed by atoms with Crippen LogP contribution in [0.3, 0.4) is 0 Å². The summed E-state index contributed by atoms with van der Waals surface area (Å²) in [7, 11) is 0. The van der Waals surface area contributed by atoms with E-state index in [1.54, 1.807) is 11.3 Å². The van der Waals surface area contributed by atoms with Gasteiger partial charge in [-0.05, 0) is 31.2 Å². The molecule has 2 aromatic heterocycles. The summed E-state index contributed by atoms with van der Waals surface area (Å²) in [5.41, 5.74) is 3.30. The average Bonchev–Trinajstić information content (AvgIpc) is 3.00. The Balaban J connectivity index is 1.82. The fourth-order valence-corrected chi connectivity index (χ4v) is 3.47. The van der Waals surface area contributed by atoms with Gasteiger partial charge in [-0.15, -0.1) is 11.3 Å². The second kappa shape index (κ2) is 4.42. The van der Waals surface area contributed by atoms with Crippen LogP contribution in [-0.2, 0) is 6.54 Å². The van der Waals surface area contributed by atoms with Gasteiger partial charge in [-0.2, -0.15) is 0 Å². The normalized spacial score (nSPS) is 11.4. The highest BCUT2D eigenvalue weighted by Crippen LogP contribution is 2.24. The van der Waals surface area contributed by atoms with Gasteiger partial charge in [-0.25, -0.2) is 9.97 Å². The van der Waals surface area contributed by atoms with Crippen molar-refractivity contribution in [1.82, 2.24) is 14.5 Å². The molecule has 0 amide bonds. The monoisotopic (exact) mass is 279 g/mol. The second-order valence-electron chi connectivity index (χ2n) is 4.81. The van der Waals surface area contributed by atoms with E-state index >= 15 is 0 Å². The van der Waals surface area contributed by atoms with Crippen LogP contribution >= 0.6 is 11.3 Å². The summed E-state index contributed by atoms with van der Waals surface area (Å²) in [6.45, 7) is 2.83. The molecule has 0 spiro atoms. The Labute approximate surface area is 120 Å². The molecule has 0 aliphatic heterocycles. The molecule has 3 nitrogen and oxygen atoms in total. The lowest BCUT2D eigenvalue weighted by Crippen LogP contribution is -2.01. The molecule has 4 rings (SSSR count). The van der Waals surface area contributed by atoms with E-state index in [-0.39, 0.29) is 0 Å². The number of rotatable bonds is 2. The molecule has 0 fully saturated rings. The summed E-state index contributed by atoms with van der Waals surface area (Å²) in [6.07, 6.45) is 0. The van der Waals surface area contributed by atoms with Gasteiger partial charge in [0.15, 0.2) is 0 Å². The van der Waals surface area contributed by atoms with E-state index < -0.39 is 0 Å². The molecule has 98 valence electrons. The number of hydrogen-bond donors (Lipinski definition) is 0. The zero-order valence-corrected chi connectivity index (χ0v) is 11.9. The summed E-state index contributed by atoms with van der Waals surface area (Å²) in [4.78, 5) is 9.31.